The van der Waals surface area contributed by atoms with Gasteiger partial charge in [0.1, 0.15) is 16.9 Å². The molecule has 0 saturated carbocycles. The van der Waals surface area contributed by atoms with Gasteiger partial charge in [0, 0.05) is 11.3 Å². The number of aryl methyl sites for hydroxylation is 1. The summed E-state index contributed by atoms with van der Waals surface area (Å²) in [6.45, 7) is 7.88. The molecule has 0 bridgehead atoms. The number of hydrogen-bond donors (Lipinski definition) is 4. The van der Waals surface area contributed by atoms with E-state index in [0.717, 1.165) is 0 Å². The lowest BCUT2D eigenvalue weighted by molar-refractivity contribution is 0.0503. The first-order valence-electron chi connectivity index (χ1n) is 10.6. The van der Waals surface area contributed by atoms with E-state index >= 15 is 0 Å². The number of aromatic nitrogens is 3. The van der Waals surface area contributed by atoms with Crippen LogP contribution in [0, 0.1) is 6.92 Å². The van der Waals surface area contributed by atoms with E-state index in [1.165, 1.54) is 6.07 Å². The van der Waals surface area contributed by atoms with Crippen LogP contribution >= 0.6 is 0 Å². The number of carbonyl (C=O) groups is 2. The quantitative estimate of drug-likeness (QED) is 0.383. The third-order valence-corrected chi connectivity index (χ3v) is 4.83. The van der Waals surface area contributed by atoms with E-state index in [2.05, 4.69) is 25.6 Å². The SMILES string of the molecule is Cc1nc2cccc(-c3cc(C(=O)O)c(C(C)NC(=O)OC(C)(C)C)[nH]3)c2nc1NCC(F)F. The number of para-hydroxylation sites is 1. The third kappa shape index (κ3) is 5.77. The number of benzene rings is 1. The molecule has 34 heavy (non-hydrogen) atoms. The topological polar surface area (TPSA) is 129 Å². The van der Waals surface area contributed by atoms with E-state index in [-0.39, 0.29) is 17.1 Å². The molecular formula is C23H27F2N5O4. The van der Waals surface area contributed by atoms with Crippen molar-refractivity contribution >= 4 is 28.9 Å². The number of H-pyrrole nitrogens is 1. The van der Waals surface area contributed by atoms with E-state index in [1.807, 2.05) is 0 Å². The van der Waals surface area contributed by atoms with Crippen molar-refractivity contribution in [1.29, 1.82) is 0 Å². The normalized spacial score (nSPS) is 12.6. The maximum atomic E-state index is 12.7. The summed E-state index contributed by atoms with van der Waals surface area (Å²) in [6.07, 6.45) is -3.25. The van der Waals surface area contributed by atoms with Crippen LogP contribution in [0.3, 0.4) is 0 Å². The Bertz CT molecular complexity index is 1220. The molecule has 0 fully saturated rings. The molecule has 0 saturated heterocycles. The van der Waals surface area contributed by atoms with Gasteiger partial charge in [-0.25, -0.2) is 28.3 Å². The molecule has 2 heterocycles. The van der Waals surface area contributed by atoms with E-state index < -0.39 is 36.7 Å². The van der Waals surface area contributed by atoms with E-state index in [1.54, 1.807) is 52.8 Å². The number of aromatic carboxylic acids is 1. The lowest BCUT2D eigenvalue weighted by Gasteiger charge is -2.22. The Labute approximate surface area is 194 Å². The lowest BCUT2D eigenvalue weighted by atomic mass is 10.1. The number of fused-ring (bicyclic) bond motifs is 1. The number of alkyl carbamates (subject to hydrolysis) is 1. The molecule has 0 aliphatic carbocycles. The number of alkyl halides is 2. The fourth-order valence-electron chi connectivity index (χ4n) is 3.41. The Morgan fingerprint density at radius 3 is 2.56 bits per heavy atom. The number of anilines is 1. The van der Waals surface area contributed by atoms with Crippen LogP contribution in [-0.2, 0) is 4.74 Å². The van der Waals surface area contributed by atoms with Gasteiger partial charge in [-0.3, -0.25) is 0 Å². The summed E-state index contributed by atoms with van der Waals surface area (Å²) in [5.74, 6) is -0.970. The number of carbonyl (C=O) groups excluding carboxylic acids is 1. The zero-order valence-corrected chi connectivity index (χ0v) is 19.5. The Kier molecular flexibility index (Phi) is 7.04. The molecule has 3 rings (SSSR count). The number of nitrogens with one attached hydrogen (secondary N) is 3. The van der Waals surface area contributed by atoms with E-state index in [4.69, 9.17) is 4.74 Å². The first kappa shape index (κ1) is 24.9. The summed E-state index contributed by atoms with van der Waals surface area (Å²) in [4.78, 5) is 36.1. The van der Waals surface area contributed by atoms with Gasteiger partial charge in [-0.05, 0) is 46.8 Å². The van der Waals surface area contributed by atoms with Crippen molar-refractivity contribution in [3.63, 3.8) is 0 Å². The zero-order chi connectivity index (χ0) is 25.2. The number of rotatable bonds is 7. The molecule has 11 heteroatoms. The van der Waals surface area contributed by atoms with Crippen LogP contribution in [0.5, 0.6) is 0 Å². The molecule has 0 spiro atoms. The number of carboxylic acids is 1. The number of hydrogen-bond acceptors (Lipinski definition) is 6. The van der Waals surface area contributed by atoms with Gasteiger partial charge in [0.25, 0.3) is 6.43 Å². The van der Waals surface area contributed by atoms with Gasteiger partial charge in [0.15, 0.2) is 0 Å². The number of nitrogens with zero attached hydrogens (tertiary/aromatic N) is 2. The summed E-state index contributed by atoms with van der Waals surface area (Å²) in [5, 5.41) is 15.0. The summed E-state index contributed by atoms with van der Waals surface area (Å²) in [5.41, 5.74) is 1.85. The number of halogens is 2. The fraction of sp³-hybridized carbons (Fsp3) is 0.391. The van der Waals surface area contributed by atoms with Crippen LogP contribution in [0.1, 0.15) is 55.5 Å². The molecule has 2 aromatic heterocycles. The van der Waals surface area contributed by atoms with Gasteiger partial charge in [-0.1, -0.05) is 12.1 Å². The van der Waals surface area contributed by atoms with Crippen molar-refractivity contribution in [3.8, 4) is 11.3 Å². The molecule has 0 radical (unpaired) electrons. The van der Waals surface area contributed by atoms with E-state index in [0.29, 0.717) is 28.0 Å². The minimum Gasteiger partial charge on any atom is -0.478 e. The molecule has 1 aromatic carbocycles. The molecule has 4 N–H and O–H groups in total. The van der Waals surface area contributed by atoms with Crippen molar-refractivity contribution < 1.29 is 28.2 Å². The highest BCUT2D eigenvalue weighted by Crippen LogP contribution is 2.31. The lowest BCUT2D eigenvalue weighted by Crippen LogP contribution is -2.34. The average Bonchev–Trinajstić information content (AvgIpc) is 3.16. The van der Waals surface area contributed by atoms with Crippen molar-refractivity contribution in [2.45, 2.75) is 52.7 Å². The average molecular weight is 475 g/mol. The van der Waals surface area contributed by atoms with Crippen LogP contribution in [-0.4, -0.2) is 50.7 Å². The largest absolute Gasteiger partial charge is 0.478 e. The van der Waals surface area contributed by atoms with Crippen LogP contribution < -0.4 is 10.6 Å². The Morgan fingerprint density at radius 2 is 1.94 bits per heavy atom. The van der Waals surface area contributed by atoms with Gasteiger partial charge in [0.05, 0.1) is 35.1 Å². The molecule has 1 unspecified atom stereocenters. The second kappa shape index (κ2) is 9.62. The Balaban J connectivity index is 2.03. The van der Waals surface area contributed by atoms with Crippen molar-refractivity contribution in [2.24, 2.45) is 0 Å². The summed E-state index contributed by atoms with van der Waals surface area (Å²) >= 11 is 0. The highest BCUT2D eigenvalue weighted by atomic mass is 19.3. The van der Waals surface area contributed by atoms with Gasteiger partial charge in [-0.2, -0.15) is 0 Å². The smallest absolute Gasteiger partial charge is 0.408 e. The van der Waals surface area contributed by atoms with Crippen LogP contribution in [0.2, 0.25) is 0 Å². The maximum Gasteiger partial charge on any atom is 0.408 e. The molecule has 0 aliphatic heterocycles. The standard InChI is InChI=1S/C23H27F2N5O4/c1-11(28-22(33)34-23(3,4)5)18-14(21(31)32)9-16(29-18)13-7-6-8-15-19(13)30-20(12(2)27-15)26-10-17(24)25/h6-9,11,17,29H,10H2,1-5H3,(H,26,30)(H,28,33)(H,31,32). The Hall–Kier alpha value is -3.76. The molecule has 9 nitrogen and oxygen atoms in total. The molecule has 3 aromatic rings. The summed E-state index contributed by atoms with van der Waals surface area (Å²) < 4.78 is 30.6. The fourth-order valence-corrected chi connectivity index (χ4v) is 3.41. The predicted molar refractivity (Wildman–Crippen MR) is 123 cm³/mol. The van der Waals surface area contributed by atoms with Crippen LogP contribution in [0.4, 0.5) is 19.4 Å². The third-order valence-electron chi connectivity index (χ3n) is 4.83. The zero-order valence-electron chi connectivity index (χ0n) is 19.5. The minimum absolute atomic E-state index is 0.0355. The molecule has 1 atom stereocenters. The highest BCUT2D eigenvalue weighted by Gasteiger charge is 2.24. The molecule has 1 amide bonds. The second-order valence-corrected chi connectivity index (χ2v) is 8.79. The van der Waals surface area contributed by atoms with Crippen LogP contribution in [0.25, 0.3) is 22.3 Å². The predicted octanol–water partition coefficient (Wildman–Crippen LogP) is 4.89. The number of aromatic amines is 1. The van der Waals surface area contributed by atoms with E-state index in [9.17, 15) is 23.5 Å². The van der Waals surface area contributed by atoms with Gasteiger partial charge in [0.2, 0.25) is 0 Å². The highest BCUT2D eigenvalue weighted by molar-refractivity contribution is 5.96. The number of amides is 1. The Morgan fingerprint density at radius 1 is 1.24 bits per heavy atom. The minimum atomic E-state index is -2.56. The van der Waals surface area contributed by atoms with Crippen LogP contribution in [0.15, 0.2) is 24.3 Å². The first-order valence-corrected chi connectivity index (χ1v) is 10.6. The van der Waals surface area contributed by atoms with Gasteiger partial charge >= 0.3 is 12.1 Å². The summed E-state index contributed by atoms with van der Waals surface area (Å²) in [7, 11) is 0. The summed E-state index contributed by atoms with van der Waals surface area (Å²) in [6, 6.07) is 5.91. The van der Waals surface area contributed by atoms with Gasteiger partial charge < -0.3 is 25.5 Å². The first-order chi connectivity index (χ1) is 15.9. The van der Waals surface area contributed by atoms with Crippen molar-refractivity contribution in [3.05, 3.63) is 41.2 Å². The second-order valence-electron chi connectivity index (χ2n) is 8.79. The van der Waals surface area contributed by atoms with Crippen molar-refractivity contribution in [1.82, 2.24) is 20.3 Å². The van der Waals surface area contributed by atoms with Gasteiger partial charge in [-0.15, -0.1) is 0 Å². The number of carboxylic acid groups (broad SMARTS) is 1. The molecule has 182 valence electrons. The molecule has 0 aliphatic rings. The molecular weight excluding hydrogens is 448 g/mol. The maximum absolute atomic E-state index is 12.7. The van der Waals surface area contributed by atoms with Crippen molar-refractivity contribution in [2.75, 3.05) is 11.9 Å². The number of ether oxygens (including phenoxy) is 1. The monoisotopic (exact) mass is 475 g/mol.